The van der Waals surface area contributed by atoms with Gasteiger partial charge in [-0.15, -0.1) is 0 Å². The number of amides is 1. The van der Waals surface area contributed by atoms with E-state index >= 15 is 0 Å². The second-order valence-corrected chi connectivity index (χ2v) is 7.37. The lowest BCUT2D eigenvalue weighted by Gasteiger charge is -2.48. The molecule has 2 aliphatic carbocycles. The fourth-order valence-corrected chi connectivity index (χ4v) is 5.28. The van der Waals surface area contributed by atoms with Gasteiger partial charge in [0.1, 0.15) is 0 Å². The predicted octanol–water partition coefficient (Wildman–Crippen LogP) is 2.03. The van der Waals surface area contributed by atoms with E-state index in [4.69, 9.17) is 5.73 Å². The van der Waals surface area contributed by atoms with Crippen molar-refractivity contribution in [2.45, 2.75) is 82.3 Å². The van der Waals surface area contributed by atoms with Gasteiger partial charge in [0.25, 0.3) is 0 Å². The van der Waals surface area contributed by atoms with Crippen molar-refractivity contribution in [2.24, 2.45) is 11.7 Å². The van der Waals surface area contributed by atoms with Crippen LogP contribution in [0.25, 0.3) is 0 Å². The molecule has 1 heterocycles. The minimum absolute atomic E-state index is 0.144. The van der Waals surface area contributed by atoms with Crippen molar-refractivity contribution in [3.8, 4) is 0 Å². The lowest BCUT2D eigenvalue weighted by atomic mass is 9.76. The van der Waals surface area contributed by atoms with Gasteiger partial charge in [-0.25, -0.2) is 0 Å². The number of rotatable bonds is 4. The molecule has 4 atom stereocenters. The highest BCUT2D eigenvalue weighted by Crippen LogP contribution is 2.41. The molecule has 0 spiro atoms. The van der Waals surface area contributed by atoms with Gasteiger partial charge in [-0.3, -0.25) is 9.69 Å². The molecule has 0 radical (unpaired) electrons. The fourth-order valence-electron chi connectivity index (χ4n) is 5.28. The number of carbonyl (C=O) groups excluding carboxylic acids is 1. The van der Waals surface area contributed by atoms with Gasteiger partial charge in [0.05, 0.1) is 5.54 Å². The average molecular weight is 293 g/mol. The number of primary amides is 1. The van der Waals surface area contributed by atoms with E-state index in [9.17, 15) is 4.79 Å². The number of fused-ring (bicyclic) bond motifs is 1. The third kappa shape index (κ3) is 2.85. The number of hydrogen-bond acceptors (Lipinski definition) is 3. The Balaban J connectivity index is 1.74. The van der Waals surface area contributed by atoms with Crippen LogP contribution in [0.2, 0.25) is 0 Å². The number of likely N-dealkylation sites (tertiary alicyclic amines) is 1. The summed E-state index contributed by atoms with van der Waals surface area (Å²) in [5.74, 6) is 0.775. The second kappa shape index (κ2) is 6.25. The van der Waals surface area contributed by atoms with E-state index < -0.39 is 5.54 Å². The molecule has 1 saturated heterocycles. The Labute approximate surface area is 128 Å². The normalized spacial score (nSPS) is 40.9. The van der Waals surface area contributed by atoms with Gasteiger partial charge in [0.15, 0.2) is 0 Å². The molecular weight excluding hydrogens is 262 g/mol. The van der Waals surface area contributed by atoms with E-state index in [1.165, 1.54) is 45.1 Å². The predicted molar refractivity (Wildman–Crippen MR) is 84.9 cm³/mol. The monoisotopic (exact) mass is 293 g/mol. The third-order valence-corrected chi connectivity index (χ3v) is 6.22. The summed E-state index contributed by atoms with van der Waals surface area (Å²) in [5, 5.41) is 3.42. The smallest absolute Gasteiger partial charge is 0.237 e. The van der Waals surface area contributed by atoms with Crippen LogP contribution in [0, 0.1) is 5.92 Å². The van der Waals surface area contributed by atoms with Crippen molar-refractivity contribution in [1.82, 2.24) is 10.2 Å². The van der Waals surface area contributed by atoms with Crippen LogP contribution in [-0.4, -0.2) is 41.5 Å². The largest absolute Gasteiger partial charge is 0.368 e. The van der Waals surface area contributed by atoms with Crippen molar-refractivity contribution < 1.29 is 4.79 Å². The summed E-state index contributed by atoms with van der Waals surface area (Å²) in [4.78, 5) is 14.8. The van der Waals surface area contributed by atoms with Crippen molar-refractivity contribution in [3.63, 3.8) is 0 Å². The van der Waals surface area contributed by atoms with Crippen LogP contribution in [-0.2, 0) is 4.79 Å². The number of nitrogens with zero attached hydrogens (tertiary/aromatic N) is 1. The molecule has 1 amide bonds. The van der Waals surface area contributed by atoms with Gasteiger partial charge in [0.2, 0.25) is 5.91 Å². The first-order valence-electron chi connectivity index (χ1n) is 8.97. The average Bonchev–Trinajstić information content (AvgIpc) is 2.96. The van der Waals surface area contributed by atoms with Crippen molar-refractivity contribution >= 4 is 5.91 Å². The maximum absolute atomic E-state index is 12.1. The maximum Gasteiger partial charge on any atom is 0.237 e. The number of piperidine rings is 1. The molecule has 0 aromatic heterocycles. The Morgan fingerprint density at radius 1 is 1.24 bits per heavy atom. The minimum Gasteiger partial charge on any atom is -0.368 e. The molecule has 120 valence electrons. The molecule has 2 saturated carbocycles. The van der Waals surface area contributed by atoms with E-state index in [1.54, 1.807) is 0 Å². The molecule has 4 nitrogen and oxygen atoms in total. The zero-order valence-electron chi connectivity index (χ0n) is 13.4. The van der Waals surface area contributed by atoms with E-state index in [2.05, 4.69) is 17.1 Å². The molecule has 3 rings (SSSR count). The molecule has 21 heavy (non-hydrogen) atoms. The van der Waals surface area contributed by atoms with Crippen LogP contribution >= 0.6 is 0 Å². The highest BCUT2D eigenvalue weighted by Gasteiger charge is 2.45. The van der Waals surface area contributed by atoms with E-state index in [0.29, 0.717) is 6.04 Å². The lowest BCUT2D eigenvalue weighted by molar-refractivity contribution is -0.127. The second-order valence-electron chi connectivity index (χ2n) is 7.37. The summed E-state index contributed by atoms with van der Waals surface area (Å²) in [5.41, 5.74) is 5.31. The van der Waals surface area contributed by atoms with Crippen molar-refractivity contribution in [3.05, 3.63) is 0 Å². The Morgan fingerprint density at radius 3 is 2.81 bits per heavy atom. The standard InChI is InChI=1S/C17H31N3O/c1-2-19-17(16(18)21)10-4-8-14(12-17)20-11-5-7-13-6-3-9-15(13)20/h13-15,19H,2-12H2,1H3,(H2,18,21). The summed E-state index contributed by atoms with van der Waals surface area (Å²) in [6, 6.07) is 1.34. The number of carbonyl (C=O) groups is 1. The summed E-state index contributed by atoms with van der Waals surface area (Å²) in [6.45, 7) is 4.12. The minimum atomic E-state index is -0.455. The Kier molecular flexibility index (Phi) is 4.55. The van der Waals surface area contributed by atoms with Gasteiger partial charge in [-0.2, -0.15) is 0 Å². The molecule has 3 fully saturated rings. The number of nitrogens with two attached hydrogens (primary N) is 1. The van der Waals surface area contributed by atoms with Crippen LogP contribution in [0.4, 0.5) is 0 Å². The summed E-state index contributed by atoms with van der Waals surface area (Å²) >= 11 is 0. The first-order valence-corrected chi connectivity index (χ1v) is 8.97. The molecule has 0 aromatic carbocycles. The van der Waals surface area contributed by atoms with Crippen LogP contribution in [0.1, 0.15) is 64.7 Å². The number of hydrogen-bond donors (Lipinski definition) is 2. The molecule has 4 heteroatoms. The van der Waals surface area contributed by atoms with E-state index in [1.807, 2.05) is 0 Å². The van der Waals surface area contributed by atoms with Gasteiger partial charge >= 0.3 is 0 Å². The van der Waals surface area contributed by atoms with E-state index in [0.717, 1.165) is 37.8 Å². The van der Waals surface area contributed by atoms with Gasteiger partial charge in [0, 0.05) is 12.1 Å². The third-order valence-electron chi connectivity index (χ3n) is 6.22. The summed E-state index contributed by atoms with van der Waals surface area (Å²) in [7, 11) is 0. The molecule has 1 aliphatic heterocycles. The highest BCUT2D eigenvalue weighted by molar-refractivity contribution is 5.84. The van der Waals surface area contributed by atoms with Crippen LogP contribution in [0.15, 0.2) is 0 Å². The molecule has 3 N–H and O–H groups in total. The quantitative estimate of drug-likeness (QED) is 0.834. The zero-order chi connectivity index (χ0) is 14.9. The van der Waals surface area contributed by atoms with Crippen LogP contribution in [0.5, 0.6) is 0 Å². The first kappa shape index (κ1) is 15.3. The number of likely N-dealkylation sites (N-methyl/N-ethyl adjacent to an activating group) is 1. The number of nitrogens with one attached hydrogen (secondary N) is 1. The van der Waals surface area contributed by atoms with Crippen LogP contribution < -0.4 is 11.1 Å². The zero-order valence-corrected chi connectivity index (χ0v) is 13.4. The molecule has 4 unspecified atom stereocenters. The lowest BCUT2D eigenvalue weighted by Crippen LogP contribution is -2.62. The molecule has 0 aromatic rings. The van der Waals surface area contributed by atoms with Crippen molar-refractivity contribution in [2.75, 3.05) is 13.1 Å². The fraction of sp³-hybridized carbons (Fsp3) is 0.941. The Hall–Kier alpha value is -0.610. The molecule has 0 bridgehead atoms. The summed E-state index contributed by atoms with van der Waals surface area (Å²) in [6.07, 6.45) is 11.1. The summed E-state index contributed by atoms with van der Waals surface area (Å²) < 4.78 is 0. The van der Waals surface area contributed by atoms with Gasteiger partial charge < -0.3 is 11.1 Å². The highest BCUT2D eigenvalue weighted by atomic mass is 16.1. The van der Waals surface area contributed by atoms with Gasteiger partial charge in [-0.1, -0.05) is 13.3 Å². The Morgan fingerprint density at radius 2 is 2.05 bits per heavy atom. The van der Waals surface area contributed by atoms with Crippen molar-refractivity contribution in [1.29, 1.82) is 0 Å². The molecule has 3 aliphatic rings. The first-order chi connectivity index (χ1) is 10.2. The van der Waals surface area contributed by atoms with Gasteiger partial charge in [-0.05, 0) is 70.4 Å². The molecular formula is C17H31N3O. The Bertz CT molecular complexity index is 382. The topological polar surface area (TPSA) is 58.4 Å². The SMILES string of the molecule is CCNC1(C(N)=O)CCCC(N2CCCC3CCCC32)C1. The maximum atomic E-state index is 12.1. The van der Waals surface area contributed by atoms with Crippen LogP contribution in [0.3, 0.4) is 0 Å². The van der Waals surface area contributed by atoms with E-state index in [-0.39, 0.29) is 5.91 Å².